The average Bonchev–Trinajstić information content (AvgIpc) is 3.49. The predicted octanol–water partition coefficient (Wildman–Crippen LogP) is 3.81. The molecular formula is C38H63N5O4. The van der Waals surface area contributed by atoms with E-state index in [9.17, 15) is 14.4 Å². The first-order valence-corrected chi connectivity index (χ1v) is 19.4. The van der Waals surface area contributed by atoms with Gasteiger partial charge >= 0.3 is 0 Å². The first kappa shape index (κ1) is 33.9. The zero-order valence-electron chi connectivity index (χ0n) is 30.0. The van der Waals surface area contributed by atoms with Gasteiger partial charge in [0.05, 0.1) is 6.10 Å². The lowest BCUT2D eigenvalue weighted by Crippen LogP contribution is -2.60. The Balaban J connectivity index is 0.908. The number of Topliss-reactive ketones (excluding diaryl/α,β-unsaturated/α-hetero) is 1. The molecule has 9 nitrogen and oxygen atoms in total. The Labute approximate surface area is 283 Å². The third-order valence-corrected chi connectivity index (χ3v) is 15.3. The maximum atomic E-state index is 14.4. The van der Waals surface area contributed by atoms with E-state index in [1.165, 1.54) is 19.3 Å². The molecule has 0 bridgehead atoms. The van der Waals surface area contributed by atoms with Crippen LogP contribution in [-0.2, 0) is 19.1 Å². The van der Waals surface area contributed by atoms with Gasteiger partial charge < -0.3 is 25.2 Å². The van der Waals surface area contributed by atoms with Crippen LogP contribution in [0.15, 0.2) is 0 Å². The summed E-state index contributed by atoms with van der Waals surface area (Å²) in [4.78, 5) is 44.6. The summed E-state index contributed by atoms with van der Waals surface area (Å²) in [6.07, 6.45) is 10.3. The number of hydrogen-bond donors (Lipinski definition) is 3. The van der Waals surface area contributed by atoms with Crippen molar-refractivity contribution in [2.45, 2.75) is 116 Å². The van der Waals surface area contributed by atoms with Gasteiger partial charge in [-0.15, -0.1) is 0 Å². The summed E-state index contributed by atoms with van der Waals surface area (Å²) in [7, 11) is 2.16. The van der Waals surface area contributed by atoms with Gasteiger partial charge in [-0.1, -0.05) is 27.7 Å². The number of hydrogen-bond acceptors (Lipinski definition) is 7. The van der Waals surface area contributed by atoms with Gasteiger partial charge in [0.25, 0.3) is 0 Å². The lowest BCUT2D eigenvalue weighted by molar-refractivity contribution is -0.160. The van der Waals surface area contributed by atoms with E-state index in [0.717, 1.165) is 77.8 Å². The molecule has 0 aromatic rings. The molecule has 0 radical (unpaired) electrons. The molecule has 2 amide bonds. The average molecular weight is 654 g/mol. The minimum absolute atomic E-state index is 0.0922. The summed E-state index contributed by atoms with van der Waals surface area (Å²) in [6, 6.07) is 0.119. The van der Waals surface area contributed by atoms with Gasteiger partial charge in [0.2, 0.25) is 11.8 Å². The fourth-order valence-electron chi connectivity index (χ4n) is 12.4. The summed E-state index contributed by atoms with van der Waals surface area (Å²) >= 11 is 0. The van der Waals surface area contributed by atoms with Crippen LogP contribution in [0.5, 0.6) is 0 Å². The lowest BCUT2D eigenvalue weighted by atomic mass is 9.44. The van der Waals surface area contributed by atoms with Crippen molar-refractivity contribution in [3.8, 4) is 0 Å². The van der Waals surface area contributed by atoms with Gasteiger partial charge in [-0.2, -0.15) is 0 Å². The van der Waals surface area contributed by atoms with Crippen molar-refractivity contribution in [1.29, 1.82) is 0 Å². The summed E-state index contributed by atoms with van der Waals surface area (Å²) in [5, 5.41) is 10.0. The molecule has 264 valence electrons. The Hall–Kier alpha value is -1.55. The zero-order valence-corrected chi connectivity index (χ0v) is 30.0. The predicted molar refractivity (Wildman–Crippen MR) is 182 cm³/mol. The number of rotatable bonds is 7. The second-order valence-corrected chi connectivity index (χ2v) is 17.8. The van der Waals surface area contributed by atoms with Crippen LogP contribution < -0.4 is 16.0 Å². The van der Waals surface area contributed by atoms with E-state index >= 15 is 0 Å². The number of carbonyl (C=O) groups excluding carboxylic acids is 3. The van der Waals surface area contributed by atoms with Crippen LogP contribution in [0.1, 0.15) is 98.3 Å². The SMILES string of the molecule is C[C@H]1CC[C@@]2(NC1)O[C@H]1C[C@H]3[C@@H]4CC[C@@H]5C[C@@H](NC(=O)CC(=O)NCCCN6CCN(C)CC6)CC[C@]5(C)[C@H]4CC(=O)[C@]3(C)[C@H]1[C@@H]2C. The molecule has 1 spiro atoms. The van der Waals surface area contributed by atoms with Crippen LogP contribution in [-0.4, -0.2) is 98.1 Å². The second kappa shape index (κ2) is 13.0. The standard InChI is InChI=1S/C38H63N5O4/c1-24-9-12-38(40-23-24)25(2)35-31(47-38)20-30-28-8-7-26-19-27(10-11-36(26,3)29(28)21-32(44)37(30,35)4)41-34(46)22-33(45)39-13-6-14-43-17-15-42(5)16-18-43/h24-31,35,40H,6-23H2,1-5H3,(H,39,45)(H,41,46)/t24-,25-,26+,27-,28+,29-,30-,31-,35-,36-,37+,38+/m0/s1. The summed E-state index contributed by atoms with van der Waals surface area (Å²) in [5.74, 6) is 3.46. The number of fused-ring (bicyclic) bond motifs is 7. The fraction of sp³-hybridized carbons (Fsp3) is 0.921. The molecule has 0 aromatic heterocycles. The van der Waals surface area contributed by atoms with E-state index in [1.54, 1.807) is 0 Å². The number of nitrogens with one attached hydrogen (secondary N) is 3. The number of ether oxygens (including phenoxy) is 1. The number of nitrogens with zero attached hydrogens (tertiary/aromatic N) is 2. The second-order valence-electron chi connectivity index (χ2n) is 17.8. The molecule has 9 heteroatoms. The van der Waals surface area contributed by atoms with Crippen LogP contribution in [0.4, 0.5) is 0 Å². The minimum Gasteiger partial charge on any atom is -0.357 e. The van der Waals surface area contributed by atoms with E-state index in [2.05, 4.69) is 60.5 Å². The van der Waals surface area contributed by atoms with Crippen LogP contribution in [0.3, 0.4) is 0 Å². The monoisotopic (exact) mass is 653 g/mol. The largest absolute Gasteiger partial charge is 0.357 e. The molecule has 4 aliphatic carbocycles. The van der Waals surface area contributed by atoms with Gasteiger partial charge in [-0.05, 0) is 106 Å². The number of piperidine rings is 1. The van der Waals surface area contributed by atoms with Crippen molar-refractivity contribution in [2.24, 2.45) is 52.3 Å². The first-order valence-electron chi connectivity index (χ1n) is 19.4. The zero-order chi connectivity index (χ0) is 33.1. The number of piperazine rings is 1. The fourth-order valence-corrected chi connectivity index (χ4v) is 12.4. The maximum absolute atomic E-state index is 14.4. The van der Waals surface area contributed by atoms with Crippen molar-refractivity contribution in [3.05, 3.63) is 0 Å². The molecule has 4 saturated carbocycles. The third-order valence-electron chi connectivity index (χ3n) is 15.3. The molecule has 47 heavy (non-hydrogen) atoms. The Bertz CT molecular complexity index is 1200. The summed E-state index contributed by atoms with van der Waals surface area (Å²) < 4.78 is 6.99. The first-order chi connectivity index (χ1) is 22.4. The highest BCUT2D eigenvalue weighted by Gasteiger charge is 2.71. The molecule has 7 fully saturated rings. The summed E-state index contributed by atoms with van der Waals surface area (Å²) in [6.45, 7) is 16.5. The number of amides is 2. The van der Waals surface area contributed by atoms with Crippen LogP contribution >= 0.6 is 0 Å². The number of carbonyl (C=O) groups is 3. The quantitative estimate of drug-likeness (QED) is 0.284. The van der Waals surface area contributed by atoms with E-state index in [0.29, 0.717) is 60.2 Å². The molecule has 3 heterocycles. The van der Waals surface area contributed by atoms with Gasteiger partial charge in [0.1, 0.15) is 17.9 Å². The Morgan fingerprint density at radius 1 is 0.979 bits per heavy atom. The van der Waals surface area contributed by atoms with Crippen molar-refractivity contribution in [2.75, 3.05) is 52.9 Å². The van der Waals surface area contributed by atoms with E-state index < -0.39 is 0 Å². The van der Waals surface area contributed by atoms with Crippen LogP contribution in [0.2, 0.25) is 0 Å². The molecule has 3 saturated heterocycles. The molecule has 12 atom stereocenters. The normalized spacial score (nSPS) is 46.7. The highest BCUT2D eigenvalue weighted by Crippen LogP contribution is 2.70. The van der Waals surface area contributed by atoms with Gasteiger partial charge in [-0.3, -0.25) is 19.7 Å². The van der Waals surface area contributed by atoms with Crippen LogP contribution in [0, 0.1) is 52.3 Å². The number of likely N-dealkylation sites (N-methyl/N-ethyl adjacent to an activating group) is 1. The van der Waals surface area contributed by atoms with Crippen molar-refractivity contribution in [1.82, 2.24) is 25.8 Å². The molecule has 0 unspecified atom stereocenters. The van der Waals surface area contributed by atoms with Crippen LogP contribution in [0.25, 0.3) is 0 Å². The molecule has 7 aliphatic rings. The molecule has 3 N–H and O–H groups in total. The summed E-state index contributed by atoms with van der Waals surface area (Å²) in [5.41, 5.74) is -0.390. The molecular weight excluding hydrogens is 590 g/mol. The van der Waals surface area contributed by atoms with Gasteiger partial charge in [0, 0.05) is 69.0 Å². The Kier molecular flexibility index (Phi) is 9.36. The smallest absolute Gasteiger partial charge is 0.229 e. The molecule has 7 rings (SSSR count). The van der Waals surface area contributed by atoms with E-state index in [1.807, 2.05) is 0 Å². The van der Waals surface area contributed by atoms with Crippen molar-refractivity contribution < 1.29 is 19.1 Å². The minimum atomic E-state index is -0.279. The van der Waals surface area contributed by atoms with E-state index in [-0.39, 0.29) is 46.9 Å². The Morgan fingerprint density at radius 2 is 1.77 bits per heavy atom. The highest BCUT2D eigenvalue weighted by atomic mass is 16.5. The highest BCUT2D eigenvalue weighted by molar-refractivity contribution is 5.97. The number of ketones is 1. The topological polar surface area (TPSA) is 103 Å². The van der Waals surface area contributed by atoms with Crippen molar-refractivity contribution >= 4 is 17.6 Å². The Morgan fingerprint density at radius 3 is 2.51 bits per heavy atom. The van der Waals surface area contributed by atoms with Crippen molar-refractivity contribution in [3.63, 3.8) is 0 Å². The molecule has 0 aromatic carbocycles. The lowest BCUT2D eigenvalue weighted by Gasteiger charge is -2.60. The van der Waals surface area contributed by atoms with Gasteiger partial charge in [-0.25, -0.2) is 0 Å². The van der Waals surface area contributed by atoms with E-state index in [4.69, 9.17) is 4.74 Å². The maximum Gasteiger partial charge on any atom is 0.229 e. The van der Waals surface area contributed by atoms with Gasteiger partial charge in [0.15, 0.2) is 0 Å². The molecule has 3 aliphatic heterocycles. The third kappa shape index (κ3) is 6.01.